The highest BCUT2D eigenvalue weighted by molar-refractivity contribution is 6.17. The lowest BCUT2D eigenvalue weighted by Gasteiger charge is -2.19. The lowest BCUT2D eigenvalue weighted by Crippen LogP contribution is -2.22. The molecule has 2 nitrogen and oxygen atoms in total. The fraction of sp³-hybridized carbons (Fsp3) is 0.444. The molecule has 0 spiro atoms. The first-order valence-corrected chi connectivity index (χ1v) is 5.19. The van der Waals surface area contributed by atoms with Crippen LogP contribution in [0.25, 0.3) is 0 Å². The van der Waals surface area contributed by atoms with E-state index in [9.17, 15) is 35.1 Å². The number of nitrogens with zero attached hydrogens (tertiary/aromatic N) is 1. The summed E-state index contributed by atoms with van der Waals surface area (Å²) < 4.78 is 102. The van der Waals surface area contributed by atoms with E-state index in [0.717, 1.165) is 0 Å². The van der Waals surface area contributed by atoms with Crippen molar-refractivity contribution in [2.24, 2.45) is 0 Å². The molecule has 20 heavy (non-hydrogen) atoms. The number of aromatic nitrogens is 1. The molecule has 0 saturated carbocycles. The Labute approximate surface area is 111 Å². The van der Waals surface area contributed by atoms with Crippen molar-refractivity contribution in [2.75, 3.05) is 0 Å². The molecule has 0 radical (unpaired) electrons. The van der Waals surface area contributed by atoms with Gasteiger partial charge in [-0.1, -0.05) is 0 Å². The molecule has 1 aromatic rings. The van der Waals surface area contributed by atoms with Crippen molar-refractivity contribution in [1.82, 2.24) is 4.98 Å². The number of pyridine rings is 1. The highest BCUT2D eigenvalue weighted by atomic mass is 35.5. The number of alkyl halides is 9. The average Bonchev–Trinajstić information content (AvgIpc) is 2.23. The van der Waals surface area contributed by atoms with Gasteiger partial charge in [-0.25, -0.2) is 8.78 Å². The van der Waals surface area contributed by atoms with Crippen molar-refractivity contribution in [3.63, 3.8) is 0 Å². The summed E-state index contributed by atoms with van der Waals surface area (Å²) in [5.41, 5.74) is -4.62. The van der Waals surface area contributed by atoms with Crippen LogP contribution in [0.1, 0.15) is 23.2 Å². The summed E-state index contributed by atoms with van der Waals surface area (Å²) in [4.78, 5) is 2.85. The van der Waals surface area contributed by atoms with Crippen LogP contribution < -0.4 is 4.74 Å². The van der Waals surface area contributed by atoms with Gasteiger partial charge in [-0.05, 0) is 0 Å². The molecule has 1 heterocycles. The molecule has 0 fully saturated rings. The van der Waals surface area contributed by atoms with E-state index in [1.807, 2.05) is 0 Å². The molecule has 0 N–H and O–H groups in total. The van der Waals surface area contributed by atoms with Crippen LogP contribution in [-0.2, 0) is 12.1 Å². The summed E-state index contributed by atoms with van der Waals surface area (Å²) in [6, 6.07) is 0. The minimum absolute atomic E-state index is 0.0617. The molecule has 0 atom stereocenters. The molecular weight excluding hydrogens is 326 g/mol. The highest BCUT2D eigenvalue weighted by Crippen LogP contribution is 2.43. The lowest BCUT2D eigenvalue weighted by molar-refractivity contribution is -0.276. The third kappa shape index (κ3) is 3.84. The van der Waals surface area contributed by atoms with Gasteiger partial charge >= 0.3 is 12.5 Å². The van der Waals surface area contributed by atoms with Crippen LogP contribution in [0.15, 0.2) is 6.20 Å². The van der Waals surface area contributed by atoms with E-state index < -0.39 is 47.4 Å². The molecule has 0 aromatic carbocycles. The second kappa shape index (κ2) is 5.58. The largest absolute Gasteiger partial charge is 0.573 e. The number of hydrogen-bond donors (Lipinski definition) is 0. The van der Waals surface area contributed by atoms with E-state index in [-0.39, 0.29) is 6.20 Å². The third-order valence-electron chi connectivity index (χ3n) is 2.03. The van der Waals surface area contributed by atoms with Crippen LogP contribution in [-0.4, -0.2) is 11.3 Å². The zero-order chi connectivity index (χ0) is 15.7. The van der Waals surface area contributed by atoms with Crippen LogP contribution in [0.3, 0.4) is 0 Å². The van der Waals surface area contributed by atoms with Crippen molar-refractivity contribution < 1.29 is 39.9 Å². The summed E-state index contributed by atoms with van der Waals surface area (Å²) in [6.45, 7) is 0. The predicted octanol–water partition coefficient (Wildman–Crippen LogP) is 4.68. The Morgan fingerprint density at radius 2 is 1.70 bits per heavy atom. The number of ether oxygens (including phenoxy) is 1. The molecule has 0 aliphatic heterocycles. The van der Waals surface area contributed by atoms with E-state index >= 15 is 0 Å². The molecular formula is C9H4ClF8NO. The van der Waals surface area contributed by atoms with Crippen LogP contribution in [0.2, 0.25) is 0 Å². The van der Waals surface area contributed by atoms with Gasteiger partial charge in [0, 0.05) is 5.56 Å². The Kier molecular flexibility index (Phi) is 4.67. The highest BCUT2D eigenvalue weighted by Gasteiger charge is 2.43. The van der Waals surface area contributed by atoms with Gasteiger partial charge in [-0.3, -0.25) is 4.98 Å². The molecule has 0 aliphatic carbocycles. The molecule has 11 heteroatoms. The van der Waals surface area contributed by atoms with Gasteiger partial charge in [0.1, 0.15) is 11.3 Å². The monoisotopic (exact) mass is 329 g/mol. The predicted molar refractivity (Wildman–Crippen MR) is 50.4 cm³/mol. The van der Waals surface area contributed by atoms with Gasteiger partial charge in [0.05, 0.1) is 12.1 Å². The van der Waals surface area contributed by atoms with Gasteiger partial charge in [0.25, 0.3) is 6.43 Å². The van der Waals surface area contributed by atoms with Gasteiger partial charge in [-0.2, -0.15) is 13.2 Å². The second-order valence-electron chi connectivity index (χ2n) is 3.34. The molecule has 1 rings (SSSR count). The molecule has 0 aliphatic rings. The second-order valence-corrected chi connectivity index (χ2v) is 3.61. The third-order valence-corrected chi connectivity index (χ3v) is 2.30. The first-order chi connectivity index (χ1) is 8.97. The molecule has 1 aromatic heterocycles. The topological polar surface area (TPSA) is 22.1 Å². The van der Waals surface area contributed by atoms with Crippen LogP contribution in [0, 0.1) is 0 Å². The van der Waals surface area contributed by atoms with Gasteiger partial charge in [-0.15, -0.1) is 24.8 Å². The van der Waals surface area contributed by atoms with Crippen molar-refractivity contribution in [2.45, 2.75) is 24.8 Å². The molecule has 0 saturated heterocycles. The van der Waals surface area contributed by atoms with Gasteiger partial charge in [0.15, 0.2) is 5.75 Å². The van der Waals surface area contributed by atoms with Crippen molar-refractivity contribution in [3.8, 4) is 5.75 Å². The van der Waals surface area contributed by atoms with E-state index in [0.29, 0.717) is 0 Å². The molecule has 0 unspecified atom stereocenters. The fourth-order valence-corrected chi connectivity index (χ4v) is 1.65. The smallest absolute Gasteiger partial charge is 0.403 e. The summed E-state index contributed by atoms with van der Waals surface area (Å²) in [7, 11) is 0. The fourth-order valence-electron chi connectivity index (χ4n) is 1.38. The Balaban J connectivity index is 3.54. The quantitative estimate of drug-likeness (QED) is 0.593. The zero-order valence-corrected chi connectivity index (χ0v) is 9.87. The van der Waals surface area contributed by atoms with Crippen molar-refractivity contribution in [1.29, 1.82) is 0 Å². The Morgan fingerprint density at radius 3 is 2.05 bits per heavy atom. The maximum Gasteiger partial charge on any atom is 0.573 e. The Bertz CT molecular complexity index is 484. The van der Waals surface area contributed by atoms with E-state index in [1.165, 1.54) is 0 Å². The van der Waals surface area contributed by atoms with Crippen LogP contribution in [0.4, 0.5) is 35.1 Å². The van der Waals surface area contributed by atoms with Crippen LogP contribution >= 0.6 is 11.6 Å². The van der Waals surface area contributed by atoms with Crippen molar-refractivity contribution >= 4 is 11.6 Å². The minimum Gasteiger partial charge on any atom is -0.403 e. The Morgan fingerprint density at radius 1 is 1.15 bits per heavy atom. The molecule has 114 valence electrons. The normalized spacial score (nSPS) is 12.9. The summed E-state index contributed by atoms with van der Waals surface area (Å²) in [6.07, 6.45) is -14.3. The summed E-state index contributed by atoms with van der Waals surface area (Å²) in [5, 5.41) is 0. The van der Waals surface area contributed by atoms with E-state index in [4.69, 9.17) is 11.6 Å². The number of hydrogen-bond acceptors (Lipinski definition) is 2. The average molecular weight is 330 g/mol. The minimum atomic E-state index is -5.43. The SMILES string of the molecule is FC(F)c1ncc(OC(F)(F)F)c(C(F)(F)F)c1CCl. The summed E-state index contributed by atoms with van der Waals surface area (Å²) >= 11 is 5.12. The standard InChI is InChI=1S/C9H4ClF8NO/c10-1-3-5(8(13,14)15)4(20-9(16,17)18)2-19-6(3)7(11)12/h2,7H,1H2. The van der Waals surface area contributed by atoms with Gasteiger partial charge < -0.3 is 4.74 Å². The van der Waals surface area contributed by atoms with E-state index in [1.54, 1.807) is 0 Å². The van der Waals surface area contributed by atoms with Crippen LogP contribution in [0.5, 0.6) is 5.75 Å². The molecule has 0 amide bonds. The molecule has 0 bridgehead atoms. The summed E-state index contributed by atoms with van der Waals surface area (Å²) in [5.74, 6) is -2.83. The first-order valence-electron chi connectivity index (χ1n) is 4.66. The number of halogens is 9. The van der Waals surface area contributed by atoms with E-state index in [2.05, 4.69) is 9.72 Å². The van der Waals surface area contributed by atoms with Gasteiger partial charge in [0.2, 0.25) is 0 Å². The maximum absolute atomic E-state index is 12.7. The zero-order valence-electron chi connectivity index (χ0n) is 9.12. The lowest BCUT2D eigenvalue weighted by atomic mass is 10.1. The first kappa shape index (κ1) is 16.7. The van der Waals surface area contributed by atoms with Crippen molar-refractivity contribution in [3.05, 3.63) is 23.0 Å². The maximum atomic E-state index is 12.7. The Hall–Kier alpha value is -1.32. The number of rotatable bonds is 3.